The van der Waals surface area contributed by atoms with Crippen molar-refractivity contribution in [1.82, 2.24) is 20.1 Å². The van der Waals surface area contributed by atoms with Gasteiger partial charge < -0.3 is 10.6 Å². The molecule has 2 aromatic rings. The van der Waals surface area contributed by atoms with E-state index in [-0.39, 0.29) is 17.8 Å². The number of aryl methyl sites for hydroxylation is 1. The summed E-state index contributed by atoms with van der Waals surface area (Å²) in [5.74, 6) is -1.72. The molecule has 0 saturated heterocycles. The quantitative estimate of drug-likeness (QED) is 0.829. The molecule has 0 saturated carbocycles. The predicted octanol–water partition coefficient (Wildman–Crippen LogP) is 1.25. The highest BCUT2D eigenvalue weighted by Crippen LogP contribution is 2.19. The zero-order valence-electron chi connectivity index (χ0n) is 10.9. The number of amides is 1. The molecule has 1 aromatic heterocycles. The van der Waals surface area contributed by atoms with E-state index >= 15 is 0 Å². The number of nitrogens with two attached hydrogens (primary N) is 1. The van der Waals surface area contributed by atoms with Crippen molar-refractivity contribution in [2.75, 3.05) is 12.8 Å². The van der Waals surface area contributed by atoms with Gasteiger partial charge >= 0.3 is 0 Å². The summed E-state index contributed by atoms with van der Waals surface area (Å²) in [6.45, 7) is 1.85. The van der Waals surface area contributed by atoms with Crippen LogP contribution in [0.4, 0.5) is 14.5 Å². The van der Waals surface area contributed by atoms with Gasteiger partial charge in [0.25, 0.3) is 5.91 Å². The lowest BCUT2D eigenvalue weighted by atomic mass is 10.1. The molecule has 0 aliphatic heterocycles. The zero-order chi connectivity index (χ0) is 14.9. The standard InChI is InChI=1S/C12H13F2N5O/c1-6-16-11(18-17-6)5-19(2)12(20)7-3-8(13)9(14)4-10(7)15/h3-4H,5,15H2,1-2H3,(H,16,17,18). The third-order valence-corrected chi connectivity index (χ3v) is 2.69. The maximum Gasteiger partial charge on any atom is 0.256 e. The lowest BCUT2D eigenvalue weighted by Gasteiger charge is -2.16. The molecule has 0 unspecified atom stereocenters. The van der Waals surface area contributed by atoms with Crippen molar-refractivity contribution in [3.05, 3.63) is 41.0 Å². The SMILES string of the molecule is Cc1nc(CN(C)C(=O)c2cc(F)c(F)cc2N)n[nH]1. The summed E-state index contributed by atoms with van der Waals surface area (Å²) >= 11 is 0. The third kappa shape index (κ3) is 2.73. The summed E-state index contributed by atoms with van der Waals surface area (Å²) in [4.78, 5) is 17.5. The molecule has 0 radical (unpaired) electrons. The largest absolute Gasteiger partial charge is 0.398 e. The van der Waals surface area contributed by atoms with Gasteiger partial charge in [0.05, 0.1) is 12.1 Å². The fourth-order valence-corrected chi connectivity index (χ4v) is 1.70. The van der Waals surface area contributed by atoms with Crippen molar-refractivity contribution in [2.24, 2.45) is 0 Å². The lowest BCUT2D eigenvalue weighted by Crippen LogP contribution is -2.27. The second-order valence-corrected chi connectivity index (χ2v) is 4.35. The smallest absolute Gasteiger partial charge is 0.256 e. The highest BCUT2D eigenvalue weighted by Gasteiger charge is 2.19. The Labute approximate surface area is 113 Å². The number of carbonyl (C=O) groups is 1. The van der Waals surface area contributed by atoms with Gasteiger partial charge in [-0.15, -0.1) is 0 Å². The van der Waals surface area contributed by atoms with Crippen LogP contribution in [0.1, 0.15) is 22.0 Å². The van der Waals surface area contributed by atoms with E-state index in [1.165, 1.54) is 11.9 Å². The summed E-state index contributed by atoms with van der Waals surface area (Å²) < 4.78 is 26.2. The molecule has 3 N–H and O–H groups in total. The van der Waals surface area contributed by atoms with Gasteiger partial charge in [-0.3, -0.25) is 9.89 Å². The molecule has 106 valence electrons. The minimum Gasteiger partial charge on any atom is -0.398 e. The first kappa shape index (κ1) is 13.9. The molecule has 0 atom stereocenters. The van der Waals surface area contributed by atoms with Gasteiger partial charge in [-0.1, -0.05) is 0 Å². The number of H-pyrrole nitrogens is 1. The number of aromatic amines is 1. The monoisotopic (exact) mass is 281 g/mol. The van der Waals surface area contributed by atoms with Crippen molar-refractivity contribution >= 4 is 11.6 Å². The topological polar surface area (TPSA) is 87.9 Å². The second-order valence-electron chi connectivity index (χ2n) is 4.35. The first-order valence-corrected chi connectivity index (χ1v) is 5.76. The summed E-state index contributed by atoms with van der Waals surface area (Å²) in [7, 11) is 1.49. The molecule has 8 heteroatoms. The Bertz CT molecular complexity index is 655. The Morgan fingerprint density at radius 1 is 1.40 bits per heavy atom. The lowest BCUT2D eigenvalue weighted by molar-refractivity contribution is 0.0782. The highest BCUT2D eigenvalue weighted by atomic mass is 19.2. The first-order valence-electron chi connectivity index (χ1n) is 5.76. The van der Waals surface area contributed by atoms with Crippen LogP contribution in [0.25, 0.3) is 0 Å². The normalized spacial score (nSPS) is 10.6. The molecular weight excluding hydrogens is 268 g/mol. The number of rotatable bonds is 3. The second kappa shape index (κ2) is 5.24. The van der Waals surface area contributed by atoms with Crippen LogP contribution in [0.5, 0.6) is 0 Å². The molecule has 0 spiro atoms. The van der Waals surface area contributed by atoms with Gasteiger partial charge in [0.1, 0.15) is 5.82 Å². The van der Waals surface area contributed by atoms with E-state index in [4.69, 9.17) is 5.73 Å². The van der Waals surface area contributed by atoms with E-state index < -0.39 is 17.5 Å². The van der Waals surface area contributed by atoms with E-state index in [0.717, 1.165) is 12.1 Å². The number of benzene rings is 1. The molecule has 0 bridgehead atoms. The Morgan fingerprint density at radius 2 is 2.05 bits per heavy atom. The molecule has 6 nitrogen and oxygen atoms in total. The van der Waals surface area contributed by atoms with Crippen LogP contribution in [0, 0.1) is 18.6 Å². The van der Waals surface area contributed by atoms with Crippen molar-refractivity contribution in [3.8, 4) is 0 Å². The van der Waals surface area contributed by atoms with Crippen LogP contribution in [0.3, 0.4) is 0 Å². The summed E-state index contributed by atoms with van der Waals surface area (Å²) in [6, 6.07) is 1.57. The van der Waals surface area contributed by atoms with E-state index in [0.29, 0.717) is 11.6 Å². The van der Waals surface area contributed by atoms with Gasteiger partial charge in [0, 0.05) is 18.8 Å². The summed E-state index contributed by atoms with van der Waals surface area (Å²) in [5, 5.41) is 6.54. The van der Waals surface area contributed by atoms with E-state index in [2.05, 4.69) is 15.2 Å². The Hall–Kier alpha value is -2.51. The average molecular weight is 281 g/mol. The highest BCUT2D eigenvalue weighted by molar-refractivity contribution is 5.98. The van der Waals surface area contributed by atoms with Crippen LogP contribution in [0.15, 0.2) is 12.1 Å². The van der Waals surface area contributed by atoms with Gasteiger partial charge in [-0.25, -0.2) is 13.8 Å². The average Bonchev–Trinajstić information content (AvgIpc) is 2.78. The number of carbonyl (C=O) groups excluding carboxylic acids is 1. The molecule has 1 amide bonds. The Kier molecular flexibility index (Phi) is 3.64. The van der Waals surface area contributed by atoms with Crippen molar-refractivity contribution in [3.63, 3.8) is 0 Å². The van der Waals surface area contributed by atoms with Gasteiger partial charge in [-0.2, -0.15) is 5.10 Å². The third-order valence-electron chi connectivity index (χ3n) is 2.69. The van der Waals surface area contributed by atoms with Crippen LogP contribution in [-0.4, -0.2) is 33.0 Å². The number of hydrogen-bond acceptors (Lipinski definition) is 4. The zero-order valence-corrected chi connectivity index (χ0v) is 10.9. The van der Waals surface area contributed by atoms with Gasteiger partial charge in [0.2, 0.25) is 0 Å². The van der Waals surface area contributed by atoms with Crippen LogP contribution < -0.4 is 5.73 Å². The van der Waals surface area contributed by atoms with Crippen molar-refractivity contribution in [2.45, 2.75) is 13.5 Å². The number of aromatic nitrogens is 3. The molecule has 1 heterocycles. The van der Waals surface area contributed by atoms with Crippen LogP contribution in [-0.2, 0) is 6.54 Å². The molecule has 1 aromatic carbocycles. The molecular formula is C12H13F2N5O. The summed E-state index contributed by atoms with van der Waals surface area (Å²) in [5.41, 5.74) is 5.32. The maximum atomic E-state index is 13.2. The minimum absolute atomic E-state index is 0.0985. The van der Waals surface area contributed by atoms with Crippen molar-refractivity contribution < 1.29 is 13.6 Å². The number of nitrogens with one attached hydrogen (secondary N) is 1. The molecule has 20 heavy (non-hydrogen) atoms. The Balaban J connectivity index is 2.20. The molecule has 0 fully saturated rings. The van der Waals surface area contributed by atoms with E-state index in [1.807, 2.05) is 0 Å². The number of halogens is 2. The fraction of sp³-hybridized carbons (Fsp3) is 0.250. The number of nitrogens with zero attached hydrogens (tertiary/aromatic N) is 3. The van der Waals surface area contributed by atoms with Crippen LogP contribution >= 0.6 is 0 Å². The molecule has 0 aliphatic carbocycles. The van der Waals surface area contributed by atoms with Gasteiger partial charge in [-0.05, 0) is 13.0 Å². The molecule has 0 aliphatic rings. The minimum atomic E-state index is -1.12. The number of nitrogen functional groups attached to an aromatic ring is 1. The Morgan fingerprint density at radius 3 is 2.65 bits per heavy atom. The number of hydrogen-bond donors (Lipinski definition) is 2. The maximum absolute atomic E-state index is 13.2. The van der Waals surface area contributed by atoms with E-state index in [1.54, 1.807) is 6.92 Å². The predicted molar refractivity (Wildman–Crippen MR) is 67.7 cm³/mol. The fourth-order valence-electron chi connectivity index (χ4n) is 1.70. The summed E-state index contributed by atoms with van der Waals surface area (Å²) in [6.07, 6.45) is 0. The van der Waals surface area contributed by atoms with Crippen LogP contribution in [0.2, 0.25) is 0 Å². The van der Waals surface area contributed by atoms with Crippen molar-refractivity contribution in [1.29, 1.82) is 0 Å². The van der Waals surface area contributed by atoms with Gasteiger partial charge in [0.15, 0.2) is 17.5 Å². The van der Waals surface area contributed by atoms with E-state index in [9.17, 15) is 13.6 Å². The number of anilines is 1. The molecule has 2 rings (SSSR count). The first-order chi connectivity index (χ1) is 9.38.